The van der Waals surface area contributed by atoms with Crippen LogP contribution >= 0.6 is 0 Å². The molecule has 0 saturated heterocycles. The fourth-order valence-corrected chi connectivity index (χ4v) is 6.48. The number of rotatable bonds is 21. The van der Waals surface area contributed by atoms with E-state index in [1.807, 2.05) is 84.9 Å². The second kappa shape index (κ2) is 22.3. The first-order chi connectivity index (χ1) is 27.7. The molecular formula is C46H58N4O8. The number of benzene rings is 4. The van der Waals surface area contributed by atoms with Crippen molar-refractivity contribution in [1.82, 2.24) is 21.3 Å². The zero-order valence-corrected chi connectivity index (χ0v) is 34.2. The molecule has 0 aliphatic heterocycles. The van der Waals surface area contributed by atoms with E-state index in [-0.39, 0.29) is 24.7 Å². The predicted molar refractivity (Wildman–Crippen MR) is 223 cm³/mol. The van der Waals surface area contributed by atoms with Gasteiger partial charge in [-0.25, -0.2) is 0 Å². The molecule has 4 aromatic rings. The largest absolute Gasteiger partial charge is 0.489 e. The van der Waals surface area contributed by atoms with Crippen LogP contribution in [0.4, 0.5) is 0 Å². The van der Waals surface area contributed by atoms with Crippen LogP contribution in [0.5, 0.6) is 11.5 Å². The monoisotopic (exact) mass is 794 g/mol. The van der Waals surface area contributed by atoms with Gasteiger partial charge in [0.1, 0.15) is 49.0 Å². The van der Waals surface area contributed by atoms with Crippen LogP contribution in [-0.4, -0.2) is 70.2 Å². The zero-order chi connectivity index (χ0) is 42.2. The van der Waals surface area contributed by atoms with Gasteiger partial charge in [-0.3, -0.25) is 19.2 Å². The first kappa shape index (κ1) is 45.0. The molecule has 0 aromatic heterocycles. The van der Waals surface area contributed by atoms with E-state index in [4.69, 9.17) is 9.47 Å². The molecule has 0 aliphatic carbocycles. The number of carbonyl (C=O) groups excluding carboxylic acids is 4. The fourth-order valence-electron chi connectivity index (χ4n) is 6.48. The van der Waals surface area contributed by atoms with Crippen molar-refractivity contribution in [3.8, 4) is 11.5 Å². The van der Waals surface area contributed by atoms with Crippen molar-refractivity contribution < 1.29 is 38.9 Å². The average Bonchev–Trinajstić information content (AvgIpc) is 3.20. The van der Waals surface area contributed by atoms with Gasteiger partial charge in [0.2, 0.25) is 23.6 Å². The Kier molecular flexibility index (Phi) is 17.3. The summed E-state index contributed by atoms with van der Waals surface area (Å²) in [5, 5.41) is 35.2. The van der Waals surface area contributed by atoms with Crippen LogP contribution in [0.15, 0.2) is 109 Å². The van der Waals surface area contributed by atoms with Gasteiger partial charge in [0, 0.05) is 13.8 Å². The third-order valence-corrected chi connectivity index (χ3v) is 9.70. The summed E-state index contributed by atoms with van der Waals surface area (Å²) >= 11 is 0. The molecule has 0 aliphatic rings. The summed E-state index contributed by atoms with van der Waals surface area (Å²) in [6.07, 6.45) is -3.05. The maximum Gasteiger partial charge on any atom is 0.243 e. The van der Waals surface area contributed by atoms with E-state index >= 15 is 0 Å². The number of hydrogen-bond acceptors (Lipinski definition) is 8. The first-order valence-electron chi connectivity index (χ1n) is 19.7. The van der Waals surface area contributed by atoms with E-state index in [1.165, 1.54) is 13.8 Å². The second-order valence-electron chi connectivity index (χ2n) is 15.3. The lowest BCUT2D eigenvalue weighted by Gasteiger charge is -2.35. The van der Waals surface area contributed by atoms with E-state index in [9.17, 15) is 29.4 Å². The Balaban J connectivity index is 1.61. The van der Waals surface area contributed by atoms with Gasteiger partial charge in [-0.05, 0) is 71.2 Å². The van der Waals surface area contributed by atoms with Crippen molar-refractivity contribution in [1.29, 1.82) is 0 Å². The number of carbonyl (C=O) groups is 4. The Labute approximate surface area is 341 Å². The molecule has 58 heavy (non-hydrogen) atoms. The van der Waals surface area contributed by atoms with Crippen molar-refractivity contribution in [2.24, 2.45) is 11.8 Å². The first-order valence-corrected chi connectivity index (χ1v) is 19.7. The normalized spacial score (nSPS) is 14.3. The van der Waals surface area contributed by atoms with Gasteiger partial charge in [0.25, 0.3) is 0 Å². The molecule has 4 amide bonds. The summed E-state index contributed by atoms with van der Waals surface area (Å²) in [6, 6.07) is 29.9. The third kappa shape index (κ3) is 14.3. The molecule has 0 saturated carbocycles. The summed E-state index contributed by atoms with van der Waals surface area (Å²) < 4.78 is 11.9. The van der Waals surface area contributed by atoms with Crippen molar-refractivity contribution in [2.75, 3.05) is 0 Å². The summed E-state index contributed by atoms with van der Waals surface area (Å²) in [6.45, 7) is 10.6. The van der Waals surface area contributed by atoms with Crippen molar-refractivity contribution >= 4 is 23.6 Å². The molecule has 4 rings (SSSR count). The highest BCUT2D eigenvalue weighted by atomic mass is 16.5. The number of nitrogens with one attached hydrogen (secondary N) is 4. The minimum absolute atomic E-state index is 0.0858. The lowest BCUT2D eigenvalue weighted by Crippen LogP contribution is -2.61. The van der Waals surface area contributed by atoms with E-state index in [1.54, 1.807) is 52.0 Å². The molecule has 0 bridgehead atoms. The SMILES string of the molecule is CC(=O)N[C@H](C(=O)N[C@@H](Cc1ccc(OCc2ccccc2)cc1)[C@@H](O)[C@H](O)[C@H](Cc1ccc(OCc2ccccc2)cc1)NC(=O)[C@@H](NC(C)=O)C(C)C)C(C)C. The number of aliphatic hydroxyl groups excluding tert-OH is 2. The number of hydrogen-bond donors (Lipinski definition) is 6. The Morgan fingerprint density at radius 1 is 0.483 bits per heavy atom. The highest BCUT2D eigenvalue weighted by Gasteiger charge is 2.37. The number of aliphatic hydroxyl groups is 2. The highest BCUT2D eigenvalue weighted by Crippen LogP contribution is 2.21. The molecular weight excluding hydrogens is 737 g/mol. The van der Waals surface area contributed by atoms with Crippen LogP contribution in [0, 0.1) is 11.8 Å². The fraction of sp³-hybridized carbons (Fsp3) is 0.391. The molecule has 0 spiro atoms. The van der Waals surface area contributed by atoms with Crippen LogP contribution in [0.1, 0.15) is 63.8 Å². The molecule has 0 radical (unpaired) electrons. The van der Waals surface area contributed by atoms with Crippen molar-refractivity contribution in [3.05, 3.63) is 131 Å². The minimum Gasteiger partial charge on any atom is -0.489 e. The Morgan fingerprint density at radius 3 is 1.10 bits per heavy atom. The van der Waals surface area contributed by atoms with Gasteiger partial charge in [-0.2, -0.15) is 0 Å². The summed E-state index contributed by atoms with van der Waals surface area (Å²) in [4.78, 5) is 51.6. The third-order valence-electron chi connectivity index (χ3n) is 9.70. The van der Waals surface area contributed by atoms with Gasteiger partial charge in [0.15, 0.2) is 0 Å². The quantitative estimate of drug-likeness (QED) is 0.0708. The second-order valence-corrected chi connectivity index (χ2v) is 15.3. The maximum atomic E-state index is 13.7. The van der Waals surface area contributed by atoms with Crippen LogP contribution < -0.4 is 30.7 Å². The van der Waals surface area contributed by atoms with E-state index < -0.39 is 60.0 Å². The molecule has 310 valence electrons. The van der Waals surface area contributed by atoms with E-state index in [0.29, 0.717) is 24.7 Å². The minimum atomic E-state index is -1.61. The maximum absolute atomic E-state index is 13.7. The van der Waals surface area contributed by atoms with Gasteiger partial charge >= 0.3 is 0 Å². The van der Waals surface area contributed by atoms with Gasteiger partial charge in [-0.15, -0.1) is 0 Å². The van der Waals surface area contributed by atoms with Crippen LogP contribution in [-0.2, 0) is 45.2 Å². The Hall–Kier alpha value is -5.72. The molecule has 4 aromatic carbocycles. The Bertz CT molecular complexity index is 1750. The van der Waals surface area contributed by atoms with Gasteiger partial charge < -0.3 is 41.0 Å². The molecule has 6 N–H and O–H groups in total. The van der Waals surface area contributed by atoms with Gasteiger partial charge in [0.05, 0.1) is 12.1 Å². The lowest BCUT2D eigenvalue weighted by molar-refractivity contribution is -0.132. The number of amides is 4. The molecule has 12 nitrogen and oxygen atoms in total. The van der Waals surface area contributed by atoms with Crippen molar-refractivity contribution in [2.45, 2.75) is 104 Å². The standard InChI is InChI=1S/C46H58N4O8/c1-29(2)41(47-31(5)51)45(55)49-39(25-33-17-21-37(22-18-33)57-27-35-13-9-7-10-14-35)43(53)44(54)40(50-46(56)42(30(3)4)48-32(6)52)26-34-19-23-38(24-20-34)58-28-36-15-11-8-12-16-36/h7-24,29-30,39-44,53-54H,25-28H2,1-6H3,(H,47,51)(H,48,52)(H,49,55)(H,50,56)/t39-,40-,41-,42-,43+,44+/m0/s1. The molecule has 12 heteroatoms. The average molecular weight is 795 g/mol. The smallest absolute Gasteiger partial charge is 0.243 e. The summed E-state index contributed by atoms with van der Waals surface area (Å²) in [5.74, 6) is -1.20. The topological polar surface area (TPSA) is 175 Å². The molecule has 0 fully saturated rings. The molecule has 0 heterocycles. The Morgan fingerprint density at radius 2 is 0.810 bits per heavy atom. The molecule has 0 unspecified atom stereocenters. The summed E-state index contributed by atoms with van der Waals surface area (Å²) in [7, 11) is 0. The predicted octanol–water partition coefficient (Wildman–Crippen LogP) is 4.64. The van der Waals surface area contributed by atoms with Crippen molar-refractivity contribution in [3.63, 3.8) is 0 Å². The van der Waals surface area contributed by atoms with Crippen LogP contribution in [0.25, 0.3) is 0 Å². The number of ether oxygens (including phenoxy) is 2. The van der Waals surface area contributed by atoms with E-state index in [2.05, 4.69) is 21.3 Å². The van der Waals surface area contributed by atoms with Crippen LogP contribution in [0.2, 0.25) is 0 Å². The van der Waals surface area contributed by atoms with Crippen LogP contribution in [0.3, 0.4) is 0 Å². The zero-order valence-electron chi connectivity index (χ0n) is 34.2. The summed E-state index contributed by atoms with van der Waals surface area (Å²) in [5.41, 5.74) is 3.47. The lowest BCUT2D eigenvalue weighted by atomic mass is 9.90. The molecule has 6 atom stereocenters. The van der Waals surface area contributed by atoms with E-state index in [0.717, 1.165) is 22.3 Å². The van der Waals surface area contributed by atoms with Gasteiger partial charge in [-0.1, -0.05) is 113 Å². The highest BCUT2D eigenvalue weighted by molar-refractivity contribution is 5.88.